The molecular weight excluding hydrogens is 532 g/mol. The van der Waals surface area contributed by atoms with E-state index in [4.69, 9.17) is 9.47 Å². The van der Waals surface area contributed by atoms with Crippen molar-refractivity contribution >= 4 is 18.0 Å². The van der Waals surface area contributed by atoms with Crippen molar-refractivity contribution < 1.29 is 29.0 Å². The van der Waals surface area contributed by atoms with E-state index in [1.807, 2.05) is 66.7 Å². The van der Waals surface area contributed by atoms with Gasteiger partial charge in [0.1, 0.15) is 12.6 Å². The lowest BCUT2D eigenvalue weighted by Gasteiger charge is -2.29. The number of ether oxygens (including phenoxy) is 2. The number of hydrogen-bond acceptors (Lipinski definition) is 5. The predicted octanol–water partition coefficient (Wildman–Crippen LogP) is 5.65. The summed E-state index contributed by atoms with van der Waals surface area (Å²) in [6.45, 7) is 2.08. The molecule has 2 aliphatic carbocycles. The van der Waals surface area contributed by atoms with E-state index in [2.05, 4.69) is 22.8 Å². The second-order valence-corrected chi connectivity index (χ2v) is 11.1. The number of carboxylic acids is 1. The van der Waals surface area contributed by atoms with Gasteiger partial charge in [-0.1, -0.05) is 98.1 Å². The van der Waals surface area contributed by atoms with Crippen LogP contribution in [0.25, 0.3) is 11.1 Å². The highest BCUT2D eigenvalue weighted by molar-refractivity contribution is 5.87. The van der Waals surface area contributed by atoms with Crippen molar-refractivity contribution in [3.8, 4) is 11.1 Å². The number of rotatable bonds is 10. The normalized spacial score (nSPS) is 19.5. The van der Waals surface area contributed by atoms with E-state index in [9.17, 15) is 19.5 Å². The highest BCUT2D eigenvalue weighted by Gasteiger charge is 2.36. The Hall–Kier alpha value is -4.17. The molecule has 3 aromatic carbocycles. The van der Waals surface area contributed by atoms with Gasteiger partial charge in [0, 0.05) is 12.0 Å². The molecule has 0 aliphatic heterocycles. The third kappa shape index (κ3) is 6.82. The van der Waals surface area contributed by atoms with Crippen LogP contribution in [0.4, 0.5) is 4.79 Å². The molecule has 0 spiro atoms. The number of nitrogens with one attached hydrogen (secondary N) is 2. The van der Waals surface area contributed by atoms with Crippen LogP contribution in [0.5, 0.6) is 0 Å². The molecule has 0 saturated heterocycles. The van der Waals surface area contributed by atoms with Crippen LogP contribution < -0.4 is 10.6 Å². The first kappa shape index (κ1) is 29.3. The van der Waals surface area contributed by atoms with Crippen molar-refractivity contribution in [1.29, 1.82) is 0 Å². The molecule has 8 heteroatoms. The molecule has 220 valence electrons. The van der Waals surface area contributed by atoms with Gasteiger partial charge in [-0.3, -0.25) is 9.59 Å². The molecule has 8 nitrogen and oxygen atoms in total. The highest BCUT2D eigenvalue weighted by atomic mass is 16.5. The quantitative estimate of drug-likeness (QED) is 0.272. The Kier molecular flexibility index (Phi) is 9.54. The lowest BCUT2D eigenvalue weighted by Crippen LogP contribution is -2.56. The summed E-state index contributed by atoms with van der Waals surface area (Å²) < 4.78 is 11.7. The molecule has 1 fully saturated rings. The zero-order valence-corrected chi connectivity index (χ0v) is 23.8. The maximum Gasteiger partial charge on any atom is 0.407 e. The Morgan fingerprint density at radius 3 is 2.14 bits per heavy atom. The summed E-state index contributed by atoms with van der Waals surface area (Å²) in [5, 5.41) is 15.5. The molecule has 0 radical (unpaired) electrons. The van der Waals surface area contributed by atoms with Crippen molar-refractivity contribution in [1.82, 2.24) is 10.6 Å². The predicted molar refractivity (Wildman–Crippen MR) is 159 cm³/mol. The summed E-state index contributed by atoms with van der Waals surface area (Å²) in [4.78, 5) is 38.7. The van der Waals surface area contributed by atoms with Gasteiger partial charge in [0.2, 0.25) is 5.91 Å². The fourth-order valence-electron chi connectivity index (χ4n) is 6.11. The van der Waals surface area contributed by atoms with Crippen LogP contribution in [0.3, 0.4) is 0 Å². The molecule has 5 rings (SSSR count). The average Bonchev–Trinajstić information content (AvgIpc) is 3.13. The number of carbonyl (C=O) groups excluding carboxylic acids is 2. The third-order valence-corrected chi connectivity index (χ3v) is 8.39. The van der Waals surface area contributed by atoms with E-state index in [1.165, 1.54) is 0 Å². The summed E-state index contributed by atoms with van der Waals surface area (Å²) >= 11 is 0. The summed E-state index contributed by atoms with van der Waals surface area (Å²) in [6, 6.07) is 24.1. The van der Waals surface area contributed by atoms with E-state index in [0.29, 0.717) is 12.8 Å². The van der Waals surface area contributed by atoms with Gasteiger partial charge in [-0.05, 0) is 47.6 Å². The van der Waals surface area contributed by atoms with Crippen molar-refractivity contribution in [2.45, 2.75) is 69.7 Å². The SMILES string of the molecule is C[C@H](OCc1ccccc1)[C@@H](NC(=O)OCC1c2ccccc2-c2ccccc21)C(=O)NC1CCCCCC1C(=O)O. The van der Waals surface area contributed by atoms with Gasteiger partial charge in [-0.25, -0.2) is 4.79 Å². The molecular formula is C34H38N2O6. The molecule has 3 aromatic rings. The van der Waals surface area contributed by atoms with E-state index in [-0.39, 0.29) is 19.1 Å². The van der Waals surface area contributed by atoms with Crippen LogP contribution in [0.1, 0.15) is 61.6 Å². The largest absolute Gasteiger partial charge is 0.481 e. The Balaban J connectivity index is 1.28. The molecule has 3 N–H and O–H groups in total. The summed E-state index contributed by atoms with van der Waals surface area (Å²) in [5.74, 6) is -2.20. The number of benzene rings is 3. The van der Waals surface area contributed by atoms with Crippen LogP contribution in [0, 0.1) is 5.92 Å². The number of hydrogen-bond donors (Lipinski definition) is 3. The summed E-state index contributed by atoms with van der Waals surface area (Å²) in [6.07, 6.45) is 2.20. The monoisotopic (exact) mass is 570 g/mol. The standard InChI is InChI=1S/C34H38N2O6/c1-22(41-20-23-12-4-2-5-13-23)31(32(37)35-30-19-7-3-6-18-28(30)33(38)39)36-34(40)42-21-29-26-16-10-8-14-24(26)25-15-9-11-17-27(25)29/h2,4-5,8-17,22,28-31H,3,6-7,18-21H2,1H3,(H,35,37)(H,36,40)(H,38,39)/t22-,28?,30?,31+/m0/s1. The lowest BCUT2D eigenvalue weighted by atomic mass is 9.94. The van der Waals surface area contributed by atoms with Crippen LogP contribution in [-0.2, 0) is 25.7 Å². The maximum absolute atomic E-state index is 13.6. The maximum atomic E-state index is 13.6. The summed E-state index contributed by atoms with van der Waals surface area (Å²) in [5.41, 5.74) is 5.36. The van der Waals surface area contributed by atoms with Crippen LogP contribution >= 0.6 is 0 Å². The number of fused-ring (bicyclic) bond motifs is 3. The smallest absolute Gasteiger partial charge is 0.407 e. The highest BCUT2D eigenvalue weighted by Crippen LogP contribution is 2.44. The van der Waals surface area contributed by atoms with Gasteiger partial charge in [0.15, 0.2) is 0 Å². The van der Waals surface area contributed by atoms with E-state index in [0.717, 1.165) is 47.1 Å². The van der Waals surface area contributed by atoms with Crippen molar-refractivity contribution in [3.63, 3.8) is 0 Å². The molecule has 0 aromatic heterocycles. The molecule has 0 heterocycles. The van der Waals surface area contributed by atoms with Crippen LogP contribution in [0.2, 0.25) is 0 Å². The third-order valence-electron chi connectivity index (χ3n) is 8.39. The minimum atomic E-state index is -1.08. The molecule has 1 saturated carbocycles. The molecule has 0 bridgehead atoms. The fraction of sp³-hybridized carbons (Fsp3) is 0.382. The Bertz CT molecular complexity index is 1350. The topological polar surface area (TPSA) is 114 Å². The van der Waals surface area contributed by atoms with Gasteiger partial charge >= 0.3 is 12.1 Å². The first-order chi connectivity index (χ1) is 20.4. The van der Waals surface area contributed by atoms with E-state index >= 15 is 0 Å². The number of amides is 2. The fourth-order valence-corrected chi connectivity index (χ4v) is 6.11. The number of alkyl carbamates (subject to hydrolysis) is 1. The van der Waals surface area contributed by atoms with Crippen LogP contribution in [0.15, 0.2) is 78.9 Å². The van der Waals surface area contributed by atoms with Crippen molar-refractivity contribution in [2.75, 3.05) is 6.61 Å². The zero-order chi connectivity index (χ0) is 29.5. The van der Waals surface area contributed by atoms with E-state index < -0.39 is 42.1 Å². The second-order valence-electron chi connectivity index (χ2n) is 11.1. The Morgan fingerprint density at radius 1 is 0.857 bits per heavy atom. The molecule has 4 atom stereocenters. The second kappa shape index (κ2) is 13.7. The number of aliphatic carboxylic acids is 1. The first-order valence-corrected chi connectivity index (χ1v) is 14.7. The number of carbonyl (C=O) groups is 3. The summed E-state index contributed by atoms with van der Waals surface area (Å²) in [7, 11) is 0. The van der Waals surface area contributed by atoms with Gasteiger partial charge in [-0.2, -0.15) is 0 Å². The van der Waals surface area contributed by atoms with Crippen molar-refractivity contribution in [2.24, 2.45) is 5.92 Å². The Morgan fingerprint density at radius 2 is 1.48 bits per heavy atom. The number of carboxylic acid groups (broad SMARTS) is 1. The lowest BCUT2D eigenvalue weighted by molar-refractivity contribution is -0.143. The van der Waals surface area contributed by atoms with Gasteiger partial charge < -0.3 is 25.2 Å². The van der Waals surface area contributed by atoms with E-state index in [1.54, 1.807) is 6.92 Å². The minimum absolute atomic E-state index is 0.108. The van der Waals surface area contributed by atoms with Crippen molar-refractivity contribution in [3.05, 3.63) is 95.6 Å². The van der Waals surface area contributed by atoms with Gasteiger partial charge in [0.05, 0.1) is 18.6 Å². The minimum Gasteiger partial charge on any atom is -0.481 e. The average molecular weight is 571 g/mol. The zero-order valence-electron chi connectivity index (χ0n) is 23.8. The molecule has 42 heavy (non-hydrogen) atoms. The van der Waals surface area contributed by atoms with Gasteiger partial charge in [0.25, 0.3) is 0 Å². The van der Waals surface area contributed by atoms with Gasteiger partial charge in [-0.15, -0.1) is 0 Å². The molecule has 2 aliphatic rings. The molecule has 2 unspecified atom stereocenters. The first-order valence-electron chi connectivity index (χ1n) is 14.7. The van der Waals surface area contributed by atoms with Crippen LogP contribution in [-0.4, -0.2) is 47.9 Å². The Labute approximate surface area is 246 Å². The molecule has 2 amide bonds.